The fourth-order valence-corrected chi connectivity index (χ4v) is 14.2. The molecule has 0 spiro atoms. The van der Waals surface area contributed by atoms with Gasteiger partial charge in [0, 0.05) is 130 Å². The van der Waals surface area contributed by atoms with Crippen LogP contribution < -0.4 is 45.3 Å². The van der Waals surface area contributed by atoms with Crippen molar-refractivity contribution >= 4 is 152 Å². The molecule has 3 aliphatic carbocycles. The van der Waals surface area contributed by atoms with Crippen molar-refractivity contribution in [2.45, 2.75) is 202 Å². The molecule has 3 radical (unpaired) electrons. The second kappa shape index (κ2) is 58.1. The molecule has 3 fully saturated rings. The fourth-order valence-electron chi connectivity index (χ4n) is 11.8. The number of carbonyl (C=O) groups is 8. The molecule has 0 atom stereocenters. The van der Waals surface area contributed by atoms with Gasteiger partial charge in [-0.2, -0.15) is 0 Å². The molecule has 2 aromatic carbocycles. The first-order valence-electron chi connectivity index (χ1n) is 38.4. The van der Waals surface area contributed by atoms with Gasteiger partial charge in [-0.15, -0.1) is 0 Å². The number of aryl methyl sites for hydroxylation is 1. The van der Waals surface area contributed by atoms with E-state index >= 15 is 0 Å². The molecule has 25 nitrogen and oxygen atoms in total. The van der Waals surface area contributed by atoms with Gasteiger partial charge in [0.05, 0.1) is 55.3 Å². The zero-order chi connectivity index (χ0) is 87.4. The number of aromatic nitrogens is 6. The van der Waals surface area contributed by atoms with E-state index in [0.29, 0.717) is 47.2 Å². The van der Waals surface area contributed by atoms with E-state index in [4.69, 9.17) is 34.9 Å². The van der Waals surface area contributed by atoms with Crippen LogP contribution in [0, 0.1) is 17.8 Å². The number of hydrogen-bond donors (Lipinski definition) is 4. The molecule has 8 aromatic rings. The van der Waals surface area contributed by atoms with Crippen LogP contribution in [-0.4, -0.2) is 144 Å². The number of halogens is 6. The first-order chi connectivity index (χ1) is 56.0. The van der Waals surface area contributed by atoms with E-state index in [0.717, 1.165) is 93.5 Å². The standard InChI is InChI=1S/C17H25BrN2O2.C14H9BrN2O2.C13H18BrN.C10H18O5.C8H5NO2.C6H7BrN2.2C6H6BrNO.C6H10O.CH4O.B.Na.H/c1-17(2,3)22-16(21)20(11-13-6-4-5-7-13)12-14-8-15(18)10-19-9-14;15-10-5-9(6-16-7-10)8-17-13(18)11-3-1-2-4-12(11)14(17)19;14-13-8-12(9-15-10-13)7-3-6-11-4-1-2-5-11;1-9(2,3)14-7(11)13-8(12)15-10(4,5)6;10-7-5-3-1-2-4-6(5)8(11)9-7;7-6-1-5(2-8)3-9-4-6;1-9-6-2-5(7)3-8-4-6;7-6-1-5(4-9)2-8-3-6;7-5-6-3-1-2-4-6;1-2;;;/h8-10,13H,4-7,11-12H2,1-3H3;1-7H,8H2;8-11H,1-7H2;1-6H3;1-4H,(H,9,10,11);1,3-4H,2,8H2;2-4H,1H3;1-3,9H,4H2;5-6H,1-4H2;2H,1H3;;;/q;;;;;;;;;;;+1;-1. The van der Waals surface area contributed by atoms with Crippen LogP contribution in [-0.2, 0) is 56.4 Å². The minimum absolute atomic E-state index is 0. The monoisotopic (exact) mass is 2040 g/mol. The first-order valence-corrected chi connectivity index (χ1v) is 43.1. The summed E-state index contributed by atoms with van der Waals surface area (Å²) in [5, 5.41) is 17.8. The molecule has 0 bridgehead atoms. The molecule has 3 saturated carbocycles. The summed E-state index contributed by atoms with van der Waals surface area (Å²) in [6, 6.07) is 25.3. The smallest absolute Gasteiger partial charge is 1.00 e. The van der Waals surface area contributed by atoms with Crippen LogP contribution in [0.2, 0.25) is 0 Å². The van der Waals surface area contributed by atoms with E-state index in [1.165, 1.54) is 93.9 Å². The molecule has 0 saturated heterocycles. The number of nitrogens with zero attached hydrogens (tertiary/aromatic N) is 8. The average Bonchev–Trinajstić information content (AvgIpc) is 1.64. The molecule has 13 rings (SSSR count). The maximum Gasteiger partial charge on any atom is 1.00 e. The van der Waals surface area contributed by atoms with Crippen molar-refractivity contribution in [2.75, 3.05) is 20.8 Å². The van der Waals surface area contributed by atoms with Crippen LogP contribution in [0.4, 0.5) is 14.4 Å². The van der Waals surface area contributed by atoms with E-state index < -0.39 is 29.1 Å². The number of aliphatic hydroxyl groups is 2. The van der Waals surface area contributed by atoms with Gasteiger partial charge < -0.3 is 50.8 Å². The third kappa shape index (κ3) is 44.8. The third-order valence-electron chi connectivity index (χ3n) is 17.1. The van der Waals surface area contributed by atoms with Crippen molar-refractivity contribution in [3.05, 3.63) is 236 Å². The van der Waals surface area contributed by atoms with Gasteiger partial charge in [0.25, 0.3) is 23.6 Å². The molecule has 6 aromatic heterocycles. The number of aldehydes is 1. The Balaban J connectivity index is 0.000000690. The minimum Gasteiger partial charge on any atom is -1.00 e. The molecule has 2 aliphatic heterocycles. The number of aliphatic hydroxyl groups excluding tert-OH is 2. The van der Waals surface area contributed by atoms with Crippen molar-refractivity contribution in [1.82, 2.24) is 45.0 Å². The molecule has 5 N–H and O–H groups in total. The number of imide groups is 2. The Kier molecular flexibility index (Phi) is 52.8. The number of pyridine rings is 6. The SMILES string of the molecule is Brc1cncc(CCCC2CCCC2)c1.CC(C)(C)OC(=O)N(Cc1cncc(Br)c1)CC1CCCC1.CC(C)(C)OC(=O)OC(=O)OC(C)(C)C.CO.COc1cncc(Br)c1.NCc1cncc(Br)c1.O=C1NC(=O)c2ccccc21.O=C1c2ccccc2C(=O)N1Cc1cncc(Br)c1.O=CC1CCCC1.OCc1cncc(Br)c1.[B].[H-].[Na+]. The van der Waals surface area contributed by atoms with Crippen LogP contribution in [0.25, 0.3) is 0 Å². The number of ether oxygens (including phenoxy) is 5. The van der Waals surface area contributed by atoms with E-state index in [1.807, 2.05) is 68.4 Å². The van der Waals surface area contributed by atoms with E-state index in [1.54, 1.807) is 159 Å². The van der Waals surface area contributed by atoms with Crippen LogP contribution in [0.15, 0.2) is 186 Å². The summed E-state index contributed by atoms with van der Waals surface area (Å²) in [4.78, 5) is 118. The molecule has 643 valence electrons. The summed E-state index contributed by atoms with van der Waals surface area (Å²) >= 11 is 20.0. The number of carbonyl (C=O) groups excluding carboxylic acids is 8. The van der Waals surface area contributed by atoms with E-state index in [2.05, 4.69) is 142 Å². The summed E-state index contributed by atoms with van der Waals surface area (Å²) in [5.74, 6) is 1.69. The number of hydrogen-bond acceptors (Lipinski definition) is 22. The zero-order valence-corrected chi connectivity index (χ0v) is 81.7. The largest absolute Gasteiger partial charge is 1.00 e. The van der Waals surface area contributed by atoms with Gasteiger partial charge in [-0.25, -0.2) is 14.4 Å². The minimum atomic E-state index is -1.06. The third-order valence-corrected chi connectivity index (χ3v) is 19.7. The second-order valence-electron chi connectivity index (χ2n) is 30.3. The van der Waals surface area contributed by atoms with Crippen LogP contribution in [0.3, 0.4) is 0 Å². The quantitative estimate of drug-likeness (QED) is 0.0196. The first kappa shape index (κ1) is 109. The summed E-state index contributed by atoms with van der Waals surface area (Å²) in [5.41, 5.74) is 10.4. The van der Waals surface area contributed by atoms with Gasteiger partial charge in [0.15, 0.2) is 0 Å². The summed E-state index contributed by atoms with van der Waals surface area (Å²) in [7, 11) is 2.61. The Morgan fingerprint density at radius 1 is 0.525 bits per heavy atom. The van der Waals surface area contributed by atoms with Crippen molar-refractivity contribution in [1.29, 1.82) is 0 Å². The molecule has 33 heteroatoms. The van der Waals surface area contributed by atoms with Gasteiger partial charge in [0.2, 0.25) is 0 Å². The molecular formula is C87H109BBr6N10NaO15. The predicted octanol–water partition coefficient (Wildman–Crippen LogP) is 17.4. The predicted molar refractivity (Wildman–Crippen MR) is 481 cm³/mol. The van der Waals surface area contributed by atoms with Crippen molar-refractivity contribution in [3.63, 3.8) is 0 Å². The number of amides is 5. The maximum atomic E-state index is 12.5. The average molecular weight is 2050 g/mol. The Morgan fingerprint density at radius 3 is 1.27 bits per heavy atom. The van der Waals surface area contributed by atoms with Gasteiger partial charge in [0.1, 0.15) is 28.8 Å². The van der Waals surface area contributed by atoms with Gasteiger partial charge in [-0.05, 0) is 297 Å². The number of methoxy groups -OCH3 is 1. The molecule has 5 aliphatic rings. The van der Waals surface area contributed by atoms with Crippen molar-refractivity contribution < 1.29 is 103 Å². The van der Waals surface area contributed by atoms with Gasteiger partial charge in [-0.1, -0.05) is 82.1 Å². The summed E-state index contributed by atoms with van der Waals surface area (Å²) < 4.78 is 29.9. The number of nitrogens with two attached hydrogens (primary N) is 1. The maximum absolute atomic E-state index is 12.5. The molecular weight excluding hydrogens is 1940 g/mol. The van der Waals surface area contributed by atoms with E-state index in [-0.39, 0.29) is 82.3 Å². The number of fused-ring (bicyclic) bond motifs is 2. The van der Waals surface area contributed by atoms with Crippen LogP contribution in [0.5, 0.6) is 5.75 Å². The van der Waals surface area contributed by atoms with Crippen molar-refractivity contribution in [3.8, 4) is 5.75 Å². The summed E-state index contributed by atoms with van der Waals surface area (Å²) in [6.07, 6.45) is 39.1. The second-order valence-corrected chi connectivity index (χ2v) is 35.8. The fraction of sp³-hybridized carbons (Fsp3) is 0.425. The summed E-state index contributed by atoms with van der Waals surface area (Å²) in [6.45, 7) is 17.9. The topological polar surface area (TPSA) is 345 Å². The van der Waals surface area contributed by atoms with Gasteiger partial charge in [-0.3, -0.25) is 59.3 Å². The number of rotatable bonds is 14. The van der Waals surface area contributed by atoms with Crippen molar-refractivity contribution in [2.24, 2.45) is 23.5 Å². The zero-order valence-electron chi connectivity index (χ0n) is 71.2. The number of benzene rings is 2. The molecule has 0 unspecified atom stereocenters. The number of nitrogens with one attached hydrogen (secondary N) is 1. The van der Waals surface area contributed by atoms with Crippen LogP contribution >= 0.6 is 95.6 Å². The Hall–Kier alpha value is -7.08. The molecule has 120 heavy (non-hydrogen) atoms. The molecule has 8 heterocycles. The molecule has 5 amide bonds. The Labute approximate surface area is 781 Å². The normalized spacial score (nSPS) is 13.6. The Bertz CT molecular complexity index is 4280. The Morgan fingerprint density at radius 2 is 0.892 bits per heavy atom. The van der Waals surface area contributed by atoms with Gasteiger partial charge >= 0.3 is 48.0 Å². The van der Waals surface area contributed by atoms with E-state index in [9.17, 15) is 38.4 Å². The van der Waals surface area contributed by atoms with Crippen LogP contribution in [0.1, 0.15) is 223 Å².